The number of rotatable bonds is 4. The van der Waals surface area contributed by atoms with E-state index in [1.165, 1.54) is 6.08 Å². The lowest BCUT2D eigenvalue weighted by molar-refractivity contribution is -0.142. The largest absolute Gasteiger partial charge is 0.508 e. The third-order valence-electron chi connectivity index (χ3n) is 7.53. The molecule has 0 bridgehead atoms. The first-order valence-electron chi connectivity index (χ1n) is 11.4. The fraction of sp³-hybridized carbons (Fsp3) is 0.346. The molecule has 4 atom stereocenters. The monoisotopic (exact) mass is 539 g/mol. The fourth-order valence-corrected chi connectivity index (χ4v) is 6.38. The number of halogens is 1. The topological polar surface area (TPSA) is 129 Å². The van der Waals surface area contributed by atoms with Crippen LogP contribution < -0.4 is 0 Å². The molecular weight excluding hydrogens is 518 g/mol. The number of amides is 2. The molecular formula is C26H22BrNO7. The van der Waals surface area contributed by atoms with Gasteiger partial charge in [-0.1, -0.05) is 23.8 Å². The Kier molecular flexibility index (Phi) is 5.62. The number of hydrogen-bond donors (Lipinski definition) is 2. The number of carboxylic acid groups (broad SMARTS) is 1. The normalized spacial score (nSPS) is 27.9. The maximum Gasteiger partial charge on any atom is 0.305 e. The number of likely N-dealkylation sites (tertiary alicyclic amines) is 1. The predicted molar refractivity (Wildman–Crippen MR) is 126 cm³/mol. The summed E-state index contributed by atoms with van der Waals surface area (Å²) >= 11 is 3.19. The highest BCUT2D eigenvalue weighted by Gasteiger charge is 2.56. The molecule has 0 spiro atoms. The van der Waals surface area contributed by atoms with E-state index in [2.05, 4.69) is 15.9 Å². The van der Waals surface area contributed by atoms with Crippen LogP contribution >= 0.6 is 15.9 Å². The molecule has 4 aliphatic rings. The van der Waals surface area contributed by atoms with Gasteiger partial charge in [0.15, 0.2) is 11.6 Å². The minimum absolute atomic E-state index is 0.104. The van der Waals surface area contributed by atoms with Crippen molar-refractivity contribution in [2.24, 2.45) is 17.8 Å². The van der Waals surface area contributed by atoms with Gasteiger partial charge < -0.3 is 10.2 Å². The van der Waals surface area contributed by atoms with Crippen molar-refractivity contribution in [3.8, 4) is 5.75 Å². The van der Waals surface area contributed by atoms with Crippen LogP contribution in [0.15, 0.2) is 51.6 Å². The van der Waals surface area contributed by atoms with Gasteiger partial charge in [-0.05, 0) is 58.8 Å². The standard InChI is InChI=1S/C26H22BrNO7/c1-11-8-12(2-5-18(11)29)21-13-3-4-14-22(26(35)28(25(14)34)7-6-20(31)32)15(13)9-16-23(21)19(30)10-17(27)24(16)33/h2-3,5,8,10,14-15,21-22,29H,4,6-7,9H2,1H3,(H,31,32)/t14-,15+,21-,22-/m0/s1. The van der Waals surface area contributed by atoms with Gasteiger partial charge in [-0.15, -0.1) is 0 Å². The number of aromatic hydroxyl groups is 1. The van der Waals surface area contributed by atoms with Crippen LogP contribution in [0, 0.1) is 24.7 Å². The minimum Gasteiger partial charge on any atom is -0.508 e. The molecule has 5 rings (SSSR count). The Bertz CT molecular complexity index is 1320. The fourth-order valence-electron chi connectivity index (χ4n) is 5.94. The number of nitrogens with zero attached hydrogens (tertiary/aromatic N) is 1. The third-order valence-corrected chi connectivity index (χ3v) is 8.11. The van der Waals surface area contributed by atoms with Crippen LogP contribution in [0.3, 0.4) is 0 Å². The molecule has 3 aliphatic carbocycles. The number of carbonyl (C=O) groups excluding carboxylic acids is 4. The number of phenols is 1. The molecule has 1 aromatic rings. The van der Waals surface area contributed by atoms with E-state index < -0.39 is 35.5 Å². The van der Waals surface area contributed by atoms with Crippen molar-refractivity contribution in [2.75, 3.05) is 6.54 Å². The van der Waals surface area contributed by atoms with Gasteiger partial charge in [0.05, 0.1) is 22.7 Å². The SMILES string of the molecule is Cc1cc([C@H]2C3=CC[C@@H]4C(=O)N(CCC(=O)O)C(=O)[C@@H]4[C@@H]3CC3=C2C(=O)C=C(Br)C3=O)ccc1O. The number of benzene rings is 1. The van der Waals surface area contributed by atoms with E-state index in [0.717, 1.165) is 10.5 Å². The maximum atomic E-state index is 13.4. The molecule has 0 radical (unpaired) electrons. The first kappa shape index (κ1) is 23.4. The van der Waals surface area contributed by atoms with Crippen LogP contribution in [-0.2, 0) is 24.0 Å². The number of allylic oxidation sites excluding steroid dienone is 6. The molecule has 180 valence electrons. The van der Waals surface area contributed by atoms with Crippen molar-refractivity contribution >= 4 is 45.3 Å². The van der Waals surface area contributed by atoms with Gasteiger partial charge in [-0.3, -0.25) is 28.9 Å². The van der Waals surface area contributed by atoms with E-state index in [0.29, 0.717) is 28.7 Å². The zero-order chi connectivity index (χ0) is 25.2. The van der Waals surface area contributed by atoms with Gasteiger partial charge in [0, 0.05) is 29.7 Å². The number of aryl methyl sites for hydroxylation is 1. The van der Waals surface area contributed by atoms with Crippen molar-refractivity contribution in [3.05, 3.63) is 62.7 Å². The summed E-state index contributed by atoms with van der Waals surface area (Å²) in [5.74, 6) is -4.83. The van der Waals surface area contributed by atoms with Gasteiger partial charge in [0.2, 0.25) is 11.8 Å². The molecule has 2 N–H and O–H groups in total. The number of imide groups is 1. The molecule has 1 fully saturated rings. The molecule has 8 nitrogen and oxygen atoms in total. The van der Waals surface area contributed by atoms with Gasteiger partial charge >= 0.3 is 5.97 Å². The first-order chi connectivity index (χ1) is 16.6. The van der Waals surface area contributed by atoms with Crippen molar-refractivity contribution < 1.29 is 34.2 Å². The second-order valence-corrected chi connectivity index (χ2v) is 10.3. The van der Waals surface area contributed by atoms with Crippen LogP contribution in [0.25, 0.3) is 0 Å². The molecule has 9 heteroatoms. The molecule has 2 amide bonds. The van der Waals surface area contributed by atoms with Gasteiger partial charge in [-0.25, -0.2) is 0 Å². The van der Waals surface area contributed by atoms with E-state index in [9.17, 15) is 29.1 Å². The Morgan fingerprint density at radius 3 is 2.57 bits per heavy atom. The molecule has 1 saturated heterocycles. The van der Waals surface area contributed by atoms with Gasteiger partial charge in [0.1, 0.15) is 5.75 Å². The third kappa shape index (κ3) is 3.60. The van der Waals surface area contributed by atoms with Crippen LogP contribution in [-0.4, -0.2) is 51.0 Å². The number of ketones is 2. The lowest BCUT2D eigenvalue weighted by Gasteiger charge is -2.42. The Balaban J connectivity index is 1.63. The highest BCUT2D eigenvalue weighted by Crippen LogP contribution is 2.55. The summed E-state index contributed by atoms with van der Waals surface area (Å²) in [5.41, 5.74) is 2.83. The zero-order valence-electron chi connectivity index (χ0n) is 18.8. The van der Waals surface area contributed by atoms with E-state index in [1.807, 2.05) is 6.08 Å². The lowest BCUT2D eigenvalue weighted by atomic mass is 9.59. The van der Waals surface area contributed by atoms with Crippen LogP contribution in [0.5, 0.6) is 5.75 Å². The zero-order valence-corrected chi connectivity index (χ0v) is 20.4. The minimum atomic E-state index is -1.10. The Morgan fingerprint density at radius 2 is 1.89 bits per heavy atom. The molecule has 1 aromatic carbocycles. The van der Waals surface area contributed by atoms with Crippen LogP contribution in [0.4, 0.5) is 0 Å². The summed E-state index contributed by atoms with van der Waals surface area (Å²) in [7, 11) is 0. The van der Waals surface area contributed by atoms with Crippen molar-refractivity contribution in [1.82, 2.24) is 4.90 Å². The van der Waals surface area contributed by atoms with Crippen molar-refractivity contribution in [2.45, 2.75) is 32.1 Å². The Hall–Kier alpha value is -3.33. The number of phenolic OH excluding ortho intramolecular Hbond substituents is 1. The molecule has 0 saturated carbocycles. The second-order valence-electron chi connectivity index (χ2n) is 9.41. The van der Waals surface area contributed by atoms with Gasteiger partial charge in [0.25, 0.3) is 0 Å². The van der Waals surface area contributed by atoms with Crippen molar-refractivity contribution in [3.63, 3.8) is 0 Å². The van der Waals surface area contributed by atoms with E-state index >= 15 is 0 Å². The average molecular weight is 540 g/mol. The highest BCUT2D eigenvalue weighted by atomic mass is 79.9. The van der Waals surface area contributed by atoms with Crippen LogP contribution in [0.1, 0.15) is 36.3 Å². The number of hydrogen-bond acceptors (Lipinski definition) is 6. The highest BCUT2D eigenvalue weighted by molar-refractivity contribution is 9.12. The summed E-state index contributed by atoms with van der Waals surface area (Å²) in [6.07, 6.45) is 3.28. The number of Topliss-reactive ketones (excluding diaryl/α,β-unsaturated/α-hetero) is 1. The summed E-state index contributed by atoms with van der Waals surface area (Å²) in [6.45, 7) is 1.55. The first-order valence-corrected chi connectivity index (χ1v) is 12.1. The van der Waals surface area contributed by atoms with Crippen LogP contribution in [0.2, 0.25) is 0 Å². The molecule has 1 aliphatic heterocycles. The number of fused-ring (bicyclic) bond motifs is 3. The summed E-state index contributed by atoms with van der Waals surface area (Å²) in [4.78, 5) is 64.8. The summed E-state index contributed by atoms with van der Waals surface area (Å²) in [5, 5.41) is 19.1. The lowest BCUT2D eigenvalue weighted by Crippen LogP contribution is -2.39. The number of carboxylic acids is 1. The number of carbonyl (C=O) groups is 5. The van der Waals surface area contributed by atoms with Gasteiger partial charge in [-0.2, -0.15) is 0 Å². The molecule has 0 unspecified atom stereocenters. The van der Waals surface area contributed by atoms with E-state index in [4.69, 9.17) is 5.11 Å². The number of aliphatic carboxylic acids is 1. The molecule has 1 heterocycles. The maximum absolute atomic E-state index is 13.4. The molecule has 35 heavy (non-hydrogen) atoms. The quantitative estimate of drug-likeness (QED) is 0.341. The van der Waals surface area contributed by atoms with E-state index in [-0.39, 0.29) is 47.1 Å². The van der Waals surface area contributed by atoms with E-state index in [1.54, 1.807) is 25.1 Å². The molecule has 0 aromatic heterocycles. The average Bonchev–Trinajstić information content (AvgIpc) is 3.06. The Labute approximate surface area is 209 Å². The second kappa shape index (κ2) is 8.41. The summed E-state index contributed by atoms with van der Waals surface area (Å²) < 4.78 is 0.151. The summed E-state index contributed by atoms with van der Waals surface area (Å²) in [6, 6.07) is 5.02. The van der Waals surface area contributed by atoms with Crippen molar-refractivity contribution in [1.29, 1.82) is 0 Å². The predicted octanol–water partition coefficient (Wildman–Crippen LogP) is 2.94. The Morgan fingerprint density at radius 1 is 1.14 bits per heavy atom. The smallest absolute Gasteiger partial charge is 0.305 e.